The highest BCUT2D eigenvalue weighted by Crippen LogP contribution is 2.22. The summed E-state index contributed by atoms with van der Waals surface area (Å²) in [5.74, 6) is -0.450. The molecule has 25 heavy (non-hydrogen) atoms. The molecule has 0 radical (unpaired) electrons. The molecule has 0 bridgehead atoms. The number of benzene rings is 2. The van der Waals surface area contributed by atoms with Gasteiger partial charge in [0.2, 0.25) is 0 Å². The summed E-state index contributed by atoms with van der Waals surface area (Å²) in [6, 6.07) is 13.3. The number of halogens is 3. The van der Waals surface area contributed by atoms with Crippen LogP contribution in [0.2, 0.25) is 0 Å². The van der Waals surface area contributed by atoms with E-state index in [0.29, 0.717) is 26.3 Å². The summed E-state index contributed by atoms with van der Waals surface area (Å²) in [4.78, 5) is 2.32. The van der Waals surface area contributed by atoms with Gasteiger partial charge in [0.15, 0.2) is 0 Å². The van der Waals surface area contributed by atoms with Crippen molar-refractivity contribution >= 4 is 12.4 Å². The fraction of sp³-hybridized carbons (Fsp3) is 0.368. The molecule has 1 aliphatic rings. The van der Waals surface area contributed by atoms with Crippen LogP contribution in [-0.2, 0) is 11.3 Å². The molecule has 1 heterocycles. The van der Waals surface area contributed by atoms with Gasteiger partial charge in [-0.3, -0.25) is 4.90 Å². The maximum Gasteiger partial charge on any atom is 0.123 e. The van der Waals surface area contributed by atoms with Crippen molar-refractivity contribution < 1.29 is 13.5 Å². The van der Waals surface area contributed by atoms with Gasteiger partial charge in [-0.25, -0.2) is 8.78 Å². The second kappa shape index (κ2) is 9.82. The standard InChI is InChI=1S/C19H22F2N2O.ClH/c20-17-6-4-15(5-7-17)13-22-14-19(23-8-10-24-11-9-23)16-2-1-3-18(21)12-16;/h1-7,12,19,22H,8-11,13-14H2;1H. The van der Waals surface area contributed by atoms with E-state index in [1.807, 2.05) is 6.07 Å². The maximum atomic E-state index is 13.6. The lowest BCUT2D eigenvalue weighted by atomic mass is 10.0. The first-order chi connectivity index (χ1) is 11.7. The minimum atomic E-state index is -0.232. The van der Waals surface area contributed by atoms with Crippen LogP contribution in [0.1, 0.15) is 17.2 Å². The van der Waals surface area contributed by atoms with Gasteiger partial charge in [0.05, 0.1) is 13.2 Å². The number of morpholine rings is 1. The largest absolute Gasteiger partial charge is 0.379 e. The van der Waals surface area contributed by atoms with Crippen molar-refractivity contribution in [1.29, 1.82) is 0 Å². The van der Waals surface area contributed by atoms with Crippen molar-refractivity contribution in [2.24, 2.45) is 0 Å². The molecule has 0 aromatic heterocycles. The molecule has 3 rings (SSSR count). The molecule has 0 spiro atoms. The Balaban J connectivity index is 0.00000225. The average Bonchev–Trinajstić information content (AvgIpc) is 2.61. The molecule has 1 aliphatic heterocycles. The molecule has 1 atom stereocenters. The first-order valence-corrected chi connectivity index (χ1v) is 8.25. The van der Waals surface area contributed by atoms with Crippen molar-refractivity contribution in [3.05, 3.63) is 71.3 Å². The van der Waals surface area contributed by atoms with Crippen LogP contribution >= 0.6 is 12.4 Å². The zero-order valence-corrected chi connectivity index (χ0v) is 14.8. The summed E-state index contributed by atoms with van der Waals surface area (Å²) in [6.07, 6.45) is 0. The van der Waals surface area contributed by atoms with Crippen LogP contribution in [0.25, 0.3) is 0 Å². The van der Waals surface area contributed by atoms with E-state index >= 15 is 0 Å². The number of nitrogens with one attached hydrogen (secondary N) is 1. The SMILES string of the molecule is Cl.Fc1ccc(CNCC(c2cccc(F)c2)N2CCOCC2)cc1. The molecule has 1 N–H and O–H groups in total. The third-order valence-corrected chi connectivity index (χ3v) is 4.30. The highest BCUT2D eigenvalue weighted by molar-refractivity contribution is 5.85. The van der Waals surface area contributed by atoms with Gasteiger partial charge in [-0.15, -0.1) is 12.4 Å². The predicted molar refractivity (Wildman–Crippen MR) is 96.9 cm³/mol. The Morgan fingerprint density at radius 1 is 1.00 bits per heavy atom. The number of nitrogens with zero attached hydrogens (tertiary/aromatic N) is 1. The molecule has 1 fully saturated rings. The topological polar surface area (TPSA) is 24.5 Å². The minimum Gasteiger partial charge on any atom is -0.379 e. The Kier molecular flexibility index (Phi) is 7.78. The molecule has 6 heteroatoms. The Morgan fingerprint density at radius 2 is 1.72 bits per heavy atom. The van der Waals surface area contributed by atoms with Crippen molar-refractivity contribution in [2.45, 2.75) is 12.6 Å². The third kappa shape index (κ3) is 5.75. The van der Waals surface area contributed by atoms with Gasteiger partial charge in [0.1, 0.15) is 11.6 Å². The fourth-order valence-corrected chi connectivity index (χ4v) is 3.02. The Labute approximate surface area is 153 Å². The molecular weight excluding hydrogens is 346 g/mol. The van der Waals surface area contributed by atoms with E-state index in [-0.39, 0.29) is 30.1 Å². The highest BCUT2D eigenvalue weighted by Gasteiger charge is 2.22. The van der Waals surface area contributed by atoms with Crippen molar-refractivity contribution in [3.8, 4) is 0 Å². The van der Waals surface area contributed by atoms with E-state index in [1.54, 1.807) is 24.3 Å². The summed E-state index contributed by atoms with van der Waals surface area (Å²) in [5, 5.41) is 3.41. The third-order valence-electron chi connectivity index (χ3n) is 4.30. The Bertz CT molecular complexity index is 648. The Hall–Kier alpha value is -1.53. The van der Waals surface area contributed by atoms with Crippen LogP contribution in [0.5, 0.6) is 0 Å². The second-order valence-electron chi connectivity index (χ2n) is 5.98. The summed E-state index contributed by atoms with van der Waals surface area (Å²) in [5.41, 5.74) is 1.99. The van der Waals surface area contributed by atoms with Gasteiger partial charge >= 0.3 is 0 Å². The molecule has 1 unspecified atom stereocenters. The first kappa shape index (κ1) is 19.8. The van der Waals surface area contributed by atoms with E-state index in [2.05, 4.69) is 10.2 Å². The maximum absolute atomic E-state index is 13.6. The highest BCUT2D eigenvalue weighted by atomic mass is 35.5. The molecule has 0 saturated carbocycles. The zero-order chi connectivity index (χ0) is 16.8. The molecule has 136 valence electrons. The molecule has 0 amide bonds. The number of rotatable bonds is 6. The summed E-state index contributed by atoms with van der Waals surface area (Å²) in [7, 11) is 0. The number of ether oxygens (including phenoxy) is 1. The van der Waals surface area contributed by atoms with Gasteiger partial charge in [-0.1, -0.05) is 24.3 Å². The van der Waals surface area contributed by atoms with E-state index in [4.69, 9.17) is 4.74 Å². The summed E-state index contributed by atoms with van der Waals surface area (Å²) < 4.78 is 32.0. The molecule has 3 nitrogen and oxygen atoms in total. The van der Waals surface area contributed by atoms with Crippen LogP contribution in [0.3, 0.4) is 0 Å². The second-order valence-corrected chi connectivity index (χ2v) is 5.98. The van der Waals surface area contributed by atoms with Crippen LogP contribution < -0.4 is 5.32 Å². The van der Waals surface area contributed by atoms with E-state index in [1.165, 1.54) is 18.2 Å². The average molecular weight is 369 g/mol. The lowest BCUT2D eigenvalue weighted by Crippen LogP contribution is -2.42. The minimum absolute atomic E-state index is 0. The zero-order valence-electron chi connectivity index (χ0n) is 14.0. The van der Waals surface area contributed by atoms with Crippen molar-refractivity contribution in [1.82, 2.24) is 10.2 Å². The van der Waals surface area contributed by atoms with Gasteiger partial charge in [-0.2, -0.15) is 0 Å². The normalized spacial score (nSPS) is 16.2. The Morgan fingerprint density at radius 3 is 2.40 bits per heavy atom. The smallest absolute Gasteiger partial charge is 0.123 e. The number of hydrogen-bond acceptors (Lipinski definition) is 3. The van der Waals surface area contributed by atoms with E-state index in [9.17, 15) is 8.78 Å². The van der Waals surface area contributed by atoms with E-state index in [0.717, 1.165) is 24.2 Å². The molecule has 1 saturated heterocycles. The molecule has 0 aliphatic carbocycles. The lowest BCUT2D eigenvalue weighted by Gasteiger charge is -2.35. The van der Waals surface area contributed by atoms with Crippen molar-refractivity contribution in [2.75, 3.05) is 32.8 Å². The van der Waals surface area contributed by atoms with Crippen LogP contribution in [0.4, 0.5) is 8.78 Å². The van der Waals surface area contributed by atoms with Crippen LogP contribution in [0, 0.1) is 11.6 Å². The lowest BCUT2D eigenvalue weighted by molar-refractivity contribution is 0.0160. The summed E-state index contributed by atoms with van der Waals surface area (Å²) >= 11 is 0. The number of hydrogen-bond donors (Lipinski definition) is 1. The van der Waals surface area contributed by atoms with Crippen molar-refractivity contribution in [3.63, 3.8) is 0 Å². The first-order valence-electron chi connectivity index (χ1n) is 8.25. The van der Waals surface area contributed by atoms with Gasteiger partial charge in [0.25, 0.3) is 0 Å². The van der Waals surface area contributed by atoms with E-state index < -0.39 is 0 Å². The van der Waals surface area contributed by atoms with Gasteiger partial charge < -0.3 is 10.1 Å². The van der Waals surface area contributed by atoms with Crippen LogP contribution in [-0.4, -0.2) is 37.7 Å². The quantitative estimate of drug-likeness (QED) is 0.844. The van der Waals surface area contributed by atoms with Gasteiger partial charge in [0, 0.05) is 32.2 Å². The predicted octanol–water partition coefficient (Wildman–Crippen LogP) is 3.55. The molecular formula is C19H23ClF2N2O. The molecule has 2 aromatic carbocycles. The fourth-order valence-electron chi connectivity index (χ4n) is 3.02. The molecule has 2 aromatic rings. The summed E-state index contributed by atoms with van der Waals surface area (Å²) in [6.45, 7) is 4.41. The monoisotopic (exact) mass is 368 g/mol. The van der Waals surface area contributed by atoms with Crippen LogP contribution in [0.15, 0.2) is 48.5 Å². The van der Waals surface area contributed by atoms with Gasteiger partial charge in [-0.05, 0) is 35.4 Å².